The van der Waals surface area contributed by atoms with Crippen molar-refractivity contribution in [3.8, 4) is 5.75 Å². The number of likely N-dealkylation sites (tertiary alicyclic amines) is 1. The molecule has 1 saturated heterocycles. The van der Waals surface area contributed by atoms with Crippen molar-refractivity contribution in [1.82, 2.24) is 4.90 Å². The Bertz CT molecular complexity index is 456. The molecule has 0 radical (unpaired) electrons. The van der Waals surface area contributed by atoms with Crippen LogP contribution in [0.4, 0.5) is 0 Å². The topological polar surface area (TPSA) is 55.6 Å². The number of benzene rings is 1. The summed E-state index contributed by atoms with van der Waals surface area (Å²) in [7, 11) is 0. The van der Waals surface area contributed by atoms with Crippen LogP contribution in [0.15, 0.2) is 24.3 Å². The summed E-state index contributed by atoms with van der Waals surface area (Å²) in [4.78, 5) is 14.4. The molecule has 1 fully saturated rings. The van der Waals surface area contributed by atoms with Gasteiger partial charge < -0.3 is 15.4 Å². The van der Waals surface area contributed by atoms with Crippen LogP contribution >= 0.6 is 11.8 Å². The number of carbonyl (C=O) groups excluding carboxylic acids is 1. The summed E-state index contributed by atoms with van der Waals surface area (Å²) in [5.41, 5.74) is 6.45. The number of nitrogens with two attached hydrogens (primary N) is 1. The monoisotopic (exact) mass is 322 g/mol. The number of piperidine rings is 1. The second-order valence-corrected chi connectivity index (χ2v) is 6.65. The molecule has 5 heteroatoms. The fraction of sp³-hybridized carbons (Fsp3) is 0.588. The van der Waals surface area contributed by atoms with Gasteiger partial charge in [-0.3, -0.25) is 4.79 Å². The molecule has 22 heavy (non-hydrogen) atoms. The highest BCUT2D eigenvalue weighted by Gasteiger charge is 2.22. The Labute approximate surface area is 137 Å². The molecule has 1 aromatic carbocycles. The highest BCUT2D eigenvalue weighted by Crippen LogP contribution is 2.21. The van der Waals surface area contributed by atoms with E-state index in [0.29, 0.717) is 19.6 Å². The van der Waals surface area contributed by atoms with Crippen molar-refractivity contribution in [3.05, 3.63) is 29.8 Å². The molecule has 122 valence electrons. The van der Waals surface area contributed by atoms with E-state index in [1.807, 2.05) is 40.9 Å². The first-order valence-electron chi connectivity index (χ1n) is 7.91. The van der Waals surface area contributed by atoms with Crippen LogP contribution in [-0.4, -0.2) is 49.1 Å². The molecule has 2 N–H and O–H groups in total. The molecule has 1 aliphatic heterocycles. The number of thioether (sulfide) groups is 1. The normalized spacial score (nSPS) is 15.8. The molecule has 1 aromatic rings. The molecular formula is C17H26N2O2S. The van der Waals surface area contributed by atoms with E-state index in [4.69, 9.17) is 10.5 Å². The molecule has 1 amide bonds. The van der Waals surface area contributed by atoms with E-state index in [1.54, 1.807) is 0 Å². The third kappa shape index (κ3) is 5.21. The Hall–Kier alpha value is -1.20. The van der Waals surface area contributed by atoms with E-state index in [0.717, 1.165) is 43.2 Å². The fourth-order valence-electron chi connectivity index (χ4n) is 2.75. The van der Waals surface area contributed by atoms with Gasteiger partial charge in [-0.25, -0.2) is 0 Å². The summed E-state index contributed by atoms with van der Waals surface area (Å²) in [5, 5.41) is 0. The van der Waals surface area contributed by atoms with Crippen molar-refractivity contribution in [2.45, 2.75) is 19.3 Å². The first kappa shape index (κ1) is 17.2. The summed E-state index contributed by atoms with van der Waals surface area (Å²) in [6.45, 7) is 2.83. The van der Waals surface area contributed by atoms with Crippen molar-refractivity contribution < 1.29 is 9.53 Å². The van der Waals surface area contributed by atoms with Gasteiger partial charge in [-0.15, -0.1) is 0 Å². The largest absolute Gasteiger partial charge is 0.492 e. The zero-order chi connectivity index (χ0) is 15.8. The molecule has 0 saturated carbocycles. The van der Waals surface area contributed by atoms with Gasteiger partial charge in [0.05, 0.1) is 6.42 Å². The highest BCUT2D eigenvalue weighted by atomic mass is 32.2. The Balaban J connectivity index is 1.79. The molecule has 0 aliphatic carbocycles. The minimum absolute atomic E-state index is 0.234. The quantitative estimate of drug-likeness (QED) is 0.836. The fourth-order valence-corrected chi connectivity index (χ4v) is 3.56. The molecule has 0 bridgehead atoms. The molecule has 0 atom stereocenters. The maximum Gasteiger partial charge on any atom is 0.226 e. The Kier molecular flexibility index (Phi) is 7.06. The van der Waals surface area contributed by atoms with Gasteiger partial charge in [-0.2, -0.15) is 11.8 Å². The second-order valence-electron chi connectivity index (χ2n) is 5.74. The molecule has 0 unspecified atom stereocenters. The average Bonchev–Trinajstić information content (AvgIpc) is 2.55. The molecule has 0 spiro atoms. The van der Waals surface area contributed by atoms with Crippen LogP contribution in [0, 0.1) is 5.92 Å². The van der Waals surface area contributed by atoms with E-state index in [1.165, 1.54) is 5.75 Å². The van der Waals surface area contributed by atoms with E-state index >= 15 is 0 Å². The molecule has 0 aromatic heterocycles. The lowest BCUT2D eigenvalue weighted by atomic mass is 9.98. The lowest BCUT2D eigenvalue weighted by molar-refractivity contribution is -0.131. The predicted octanol–water partition coefficient (Wildman–Crippen LogP) is 2.17. The first-order valence-corrected chi connectivity index (χ1v) is 9.31. The van der Waals surface area contributed by atoms with Gasteiger partial charge in [-0.05, 0) is 48.5 Å². The second kappa shape index (κ2) is 9.06. The summed E-state index contributed by atoms with van der Waals surface area (Å²) < 4.78 is 5.44. The lowest BCUT2D eigenvalue weighted by Gasteiger charge is -2.31. The minimum atomic E-state index is 0.234. The summed E-state index contributed by atoms with van der Waals surface area (Å²) in [5.74, 6) is 3.03. The number of amides is 1. The van der Waals surface area contributed by atoms with Gasteiger partial charge in [0, 0.05) is 19.6 Å². The van der Waals surface area contributed by atoms with Crippen LogP contribution in [0.2, 0.25) is 0 Å². The third-order valence-corrected chi connectivity index (χ3v) is 4.84. The maximum absolute atomic E-state index is 12.4. The zero-order valence-electron chi connectivity index (χ0n) is 13.3. The van der Waals surface area contributed by atoms with Gasteiger partial charge in [0.2, 0.25) is 5.91 Å². The van der Waals surface area contributed by atoms with Crippen LogP contribution < -0.4 is 10.5 Å². The van der Waals surface area contributed by atoms with Crippen molar-refractivity contribution in [3.63, 3.8) is 0 Å². The van der Waals surface area contributed by atoms with Crippen LogP contribution in [0.5, 0.6) is 5.75 Å². The number of rotatable bonds is 7. The van der Waals surface area contributed by atoms with Crippen molar-refractivity contribution in [1.29, 1.82) is 0 Å². The van der Waals surface area contributed by atoms with Crippen molar-refractivity contribution >= 4 is 17.7 Å². The smallest absolute Gasteiger partial charge is 0.226 e. The Morgan fingerprint density at radius 2 is 2.00 bits per heavy atom. The highest BCUT2D eigenvalue weighted by molar-refractivity contribution is 7.98. The minimum Gasteiger partial charge on any atom is -0.492 e. The van der Waals surface area contributed by atoms with Crippen LogP contribution in [0.1, 0.15) is 18.4 Å². The third-order valence-electron chi connectivity index (χ3n) is 4.03. The summed E-state index contributed by atoms with van der Waals surface area (Å²) in [6.07, 6.45) is 4.90. The maximum atomic E-state index is 12.4. The molecule has 1 heterocycles. The van der Waals surface area contributed by atoms with Crippen LogP contribution in [0.3, 0.4) is 0 Å². The van der Waals surface area contributed by atoms with Gasteiger partial charge in [-0.1, -0.05) is 12.1 Å². The van der Waals surface area contributed by atoms with Crippen molar-refractivity contribution in [2.75, 3.05) is 38.2 Å². The van der Waals surface area contributed by atoms with Crippen LogP contribution in [-0.2, 0) is 11.2 Å². The first-order chi connectivity index (χ1) is 10.7. The van der Waals surface area contributed by atoms with E-state index in [-0.39, 0.29) is 5.91 Å². The van der Waals surface area contributed by atoms with Crippen LogP contribution in [0.25, 0.3) is 0 Å². The number of carbonyl (C=O) groups is 1. The van der Waals surface area contributed by atoms with Gasteiger partial charge >= 0.3 is 0 Å². The Morgan fingerprint density at radius 1 is 1.32 bits per heavy atom. The number of ether oxygens (including phenoxy) is 1. The standard InChI is InChI=1S/C17H26N2O2S/c1-22-13-15-6-9-19(10-7-15)17(20)12-14-2-4-16(5-3-14)21-11-8-18/h2-5,15H,6-13,18H2,1H3. The van der Waals surface area contributed by atoms with Gasteiger partial charge in [0.1, 0.15) is 12.4 Å². The van der Waals surface area contributed by atoms with E-state index in [2.05, 4.69) is 6.26 Å². The molecule has 2 rings (SSSR count). The van der Waals surface area contributed by atoms with E-state index in [9.17, 15) is 4.79 Å². The lowest BCUT2D eigenvalue weighted by Crippen LogP contribution is -2.39. The summed E-state index contributed by atoms with van der Waals surface area (Å²) in [6, 6.07) is 7.74. The zero-order valence-corrected chi connectivity index (χ0v) is 14.1. The molecule has 1 aliphatic rings. The van der Waals surface area contributed by atoms with Gasteiger partial charge in [0.25, 0.3) is 0 Å². The molecule has 4 nitrogen and oxygen atoms in total. The van der Waals surface area contributed by atoms with Gasteiger partial charge in [0.15, 0.2) is 0 Å². The number of hydrogen-bond donors (Lipinski definition) is 1. The number of nitrogens with zero attached hydrogens (tertiary/aromatic N) is 1. The van der Waals surface area contributed by atoms with Crippen molar-refractivity contribution in [2.24, 2.45) is 11.7 Å². The summed E-state index contributed by atoms with van der Waals surface area (Å²) >= 11 is 1.90. The predicted molar refractivity (Wildman–Crippen MR) is 92.4 cm³/mol. The average molecular weight is 322 g/mol. The van der Waals surface area contributed by atoms with E-state index < -0.39 is 0 Å². The number of hydrogen-bond acceptors (Lipinski definition) is 4. The Morgan fingerprint density at radius 3 is 2.59 bits per heavy atom. The molecular weight excluding hydrogens is 296 g/mol. The SMILES string of the molecule is CSCC1CCN(C(=O)Cc2ccc(OCCN)cc2)CC1.